The summed E-state index contributed by atoms with van der Waals surface area (Å²) in [4.78, 5) is 54.5. The van der Waals surface area contributed by atoms with E-state index in [1.807, 2.05) is 70.2 Å². The van der Waals surface area contributed by atoms with E-state index in [-0.39, 0.29) is 19.0 Å². The van der Waals surface area contributed by atoms with Crippen LogP contribution in [0.25, 0.3) is 0 Å². The molecular weight excluding hydrogens is 556 g/mol. The Morgan fingerprint density at radius 1 is 0.976 bits per heavy atom. The number of benzene rings is 2. The van der Waals surface area contributed by atoms with Crippen molar-refractivity contribution in [2.24, 2.45) is 5.41 Å². The van der Waals surface area contributed by atoms with Crippen molar-refractivity contribution in [2.45, 2.75) is 58.0 Å². The van der Waals surface area contributed by atoms with Gasteiger partial charge in [-0.05, 0) is 68.8 Å². The van der Waals surface area contributed by atoms with Gasteiger partial charge in [-0.25, -0.2) is 4.79 Å². The highest BCUT2D eigenvalue weighted by molar-refractivity contribution is 8.16. The number of esters is 2. The van der Waals surface area contributed by atoms with Gasteiger partial charge in [-0.15, -0.1) is 0 Å². The molecule has 0 bridgehead atoms. The maximum atomic E-state index is 13.1. The van der Waals surface area contributed by atoms with Crippen LogP contribution in [-0.4, -0.2) is 39.4 Å². The Hall–Kier alpha value is -4.18. The van der Waals surface area contributed by atoms with Gasteiger partial charge < -0.3 is 14.2 Å². The summed E-state index contributed by atoms with van der Waals surface area (Å²) in [6.45, 7) is 7.63. The van der Waals surface area contributed by atoms with Gasteiger partial charge in [0, 0.05) is 30.3 Å². The van der Waals surface area contributed by atoms with Crippen molar-refractivity contribution in [1.82, 2.24) is 10.3 Å². The van der Waals surface area contributed by atoms with Crippen molar-refractivity contribution in [3.63, 3.8) is 0 Å². The van der Waals surface area contributed by atoms with E-state index in [1.165, 1.54) is 0 Å². The van der Waals surface area contributed by atoms with Crippen LogP contribution in [0.2, 0.25) is 0 Å². The molecule has 3 aromatic rings. The van der Waals surface area contributed by atoms with Crippen LogP contribution < -0.4 is 10.1 Å². The topological polar surface area (TPSA) is 121 Å². The number of hydrogen-bond donors (Lipinski definition) is 1. The lowest BCUT2D eigenvalue weighted by atomic mass is 9.97. The van der Waals surface area contributed by atoms with Crippen LogP contribution in [-0.2, 0) is 43.3 Å². The van der Waals surface area contributed by atoms with E-state index in [0.29, 0.717) is 36.1 Å². The van der Waals surface area contributed by atoms with Crippen molar-refractivity contribution in [3.05, 3.63) is 95.3 Å². The molecule has 1 N–H and O–H groups in total. The molecule has 0 radical (unpaired) electrons. The molecule has 4 rings (SSSR count). The summed E-state index contributed by atoms with van der Waals surface area (Å²) < 4.78 is 15.1. The molecule has 9 nitrogen and oxygen atoms in total. The lowest BCUT2D eigenvalue weighted by Gasteiger charge is -2.22. The first-order valence-corrected chi connectivity index (χ1v) is 14.4. The summed E-state index contributed by atoms with van der Waals surface area (Å²) in [5, 5.41) is 1.63. The third-order valence-corrected chi connectivity index (χ3v) is 7.74. The maximum Gasteiger partial charge on any atom is 0.333 e. The second-order valence-corrected chi connectivity index (χ2v) is 12.3. The molecule has 1 saturated heterocycles. The van der Waals surface area contributed by atoms with Gasteiger partial charge in [-0.3, -0.25) is 24.7 Å². The van der Waals surface area contributed by atoms with Crippen molar-refractivity contribution < 1.29 is 33.4 Å². The fourth-order valence-corrected chi connectivity index (χ4v) is 5.07. The SMILES string of the molecule is CC(OC(=O)C(C)(C)C)c1ccc(CCOc2ccc(C[C@]3(C(=O)OCc4ccccc4)SC(=O)NC3=O)cc2)nc1. The normalized spacial score (nSPS) is 17.3. The minimum absolute atomic E-state index is 0.00248. The van der Waals surface area contributed by atoms with Crippen molar-refractivity contribution >= 4 is 34.8 Å². The Balaban J connectivity index is 1.31. The van der Waals surface area contributed by atoms with Gasteiger partial charge in [0.05, 0.1) is 12.0 Å². The number of thioether (sulfide) groups is 1. The first-order valence-electron chi connectivity index (χ1n) is 13.6. The molecule has 220 valence electrons. The molecule has 1 aromatic heterocycles. The molecule has 1 aliphatic heterocycles. The Kier molecular flexibility index (Phi) is 9.67. The van der Waals surface area contributed by atoms with Crippen molar-refractivity contribution in [1.29, 1.82) is 0 Å². The number of nitrogens with zero attached hydrogens (tertiary/aromatic N) is 1. The minimum Gasteiger partial charge on any atom is -0.493 e. The lowest BCUT2D eigenvalue weighted by Crippen LogP contribution is -2.46. The fraction of sp³-hybridized carbons (Fsp3) is 0.344. The zero-order valence-corrected chi connectivity index (χ0v) is 24.9. The molecule has 2 amide bonds. The van der Waals surface area contributed by atoms with Gasteiger partial charge in [0.15, 0.2) is 0 Å². The molecule has 1 fully saturated rings. The quantitative estimate of drug-likeness (QED) is 0.232. The van der Waals surface area contributed by atoms with Crippen LogP contribution >= 0.6 is 11.8 Å². The second kappa shape index (κ2) is 13.2. The van der Waals surface area contributed by atoms with Crippen molar-refractivity contribution in [3.8, 4) is 5.75 Å². The average Bonchev–Trinajstić information content (AvgIpc) is 3.26. The molecule has 1 aliphatic rings. The third-order valence-electron chi connectivity index (χ3n) is 6.61. The molecule has 1 unspecified atom stereocenters. The van der Waals surface area contributed by atoms with E-state index in [4.69, 9.17) is 14.2 Å². The molecule has 0 saturated carbocycles. The number of imide groups is 1. The Labute approximate surface area is 249 Å². The van der Waals surface area contributed by atoms with Crippen LogP contribution in [0.4, 0.5) is 4.79 Å². The van der Waals surface area contributed by atoms with Crippen LogP contribution in [0.1, 0.15) is 56.2 Å². The first-order chi connectivity index (χ1) is 20.0. The highest BCUT2D eigenvalue weighted by Gasteiger charge is 2.55. The van der Waals surface area contributed by atoms with Gasteiger partial charge >= 0.3 is 11.9 Å². The first kappa shape index (κ1) is 30.8. The van der Waals surface area contributed by atoms with Gasteiger partial charge in [0.25, 0.3) is 11.1 Å². The Morgan fingerprint density at radius 3 is 2.29 bits per heavy atom. The number of aromatic nitrogens is 1. The summed E-state index contributed by atoms with van der Waals surface area (Å²) in [6.07, 6.45) is 1.86. The molecule has 2 heterocycles. The zero-order valence-electron chi connectivity index (χ0n) is 24.0. The van der Waals surface area contributed by atoms with Gasteiger partial charge in [-0.2, -0.15) is 0 Å². The molecule has 0 spiro atoms. The number of hydrogen-bond acceptors (Lipinski definition) is 9. The summed E-state index contributed by atoms with van der Waals surface area (Å²) in [5.74, 6) is -1.11. The molecule has 10 heteroatoms. The summed E-state index contributed by atoms with van der Waals surface area (Å²) in [6, 6.07) is 19.9. The predicted octanol–water partition coefficient (Wildman–Crippen LogP) is 5.36. The van der Waals surface area contributed by atoms with E-state index in [1.54, 1.807) is 30.5 Å². The van der Waals surface area contributed by atoms with Crippen LogP contribution in [0.5, 0.6) is 5.75 Å². The van der Waals surface area contributed by atoms with Gasteiger partial charge in [-0.1, -0.05) is 48.5 Å². The number of amides is 2. The number of ether oxygens (including phenoxy) is 3. The van der Waals surface area contributed by atoms with E-state index >= 15 is 0 Å². The lowest BCUT2D eigenvalue weighted by molar-refractivity contribution is -0.158. The van der Waals surface area contributed by atoms with Crippen LogP contribution in [0, 0.1) is 5.41 Å². The van der Waals surface area contributed by atoms with E-state index in [2.05, 4.69) is 10.3 Å². The van der Waals surface area contributed by atoms with E-state index < -0.39 is 33.4 Å². The van der Waals surface area contributed by atoms with Crippen LogP contribution in [0.3, 0.4) is 0 Å². The Bertz CT molecular complexity index is 1420. The third kappa shape index (κ3) is 7.76. The Morgan fingerprint density at radius 2 is 1.69 bits per heavy atom. The molecular formula is C32H34N2O7S. The van der Waals surface area contributed by atoms with Gasteiger partial charge in [0.1, 0.15) is 18.5 Å². The minimum atomic E-state index is -1.70. The zero-order chi connectivity index (χ0) is 30.3. The van der Waals surface area contributed by atoms with E-state index in [0.717, 1.165) is 16.8 Å². The van der Waals surface area contributed by atoms with E-state index in [9.17, 15) is 19.2 Å². The molecule has 42 heavy (non-hydrogen) atoms. The second-order valence-electron chi connectivity index (χ2n) is 11.0. The standard InChI is InChI=1S/C32H34N2O7S/c1-21(41-28(36)31(2,3)4)24-12-13-25(33-19-24)16-17-39-26-14-10-22(11-15-26)18-32(27(35)34-30(38)42-32)29(37)40-20-23-8-6-5-7-9-23/h5-15,19,21H,16-18,20H2,1-4H3,(H,34,35,38)/t21?,32-/m0/s1. The summed E-state index contributed by atoms with van der Waals surface area (Å²) in [5.41, 5.74) is 2.52. The number of nitrogens with one attached hydrogen (secondary N) is 1. The van der Waals surface area contributed by atoms with Crippen LogP contribution in [0.15, 0.2) is 72.9 Å². The highest BCUT2D eigenvalue weighted by Crippen LogP contribution is 2.37. The number of carbonyl (C=O) groups is 4. The monoisotopic (exact) mass is 590 g/mol. The average molecular weight is 591 g/mol. The summed E-state index contributed by atoms with van der Waals surface area (Å²) in [7, 11) is 0. The smallest absolute Gasteiger partial charge is 0.333 e. The van der Waals surface area contributed by atoms with Gasteiger partial charge in [0.2, 0.25) is 4.75 Å². The maximum absolute atomic E-state index is 13.1. The number of carbonyl (C=O) groups excluding carboxylic acids is 4. The van der Waals surface area contributed by atoms with Crippen molar-refractivity contribution in [2.75, 3.05) is 6.61 Å². The molecule has 2 aromatic carbocycles. The number of rotatable bonds is 11. The predicted molar refractivity (Wildman–Crippen MR) is 158 cm³/mol. The highest BCUT2D eigenvalue weighted by atomic mass is 32.2. The largest absolute Gasteiger partial charge is 0.493 e. The summed E-state index contributed by atoms with van der Waals surface area (Å²) >= 11 is 0.644. The molecule has 2 atom stereocenters. The fourth-order valence-electron chi connectivity index (χ4n) is 4.08. The number of pyridine rings is 1. The molecule has 0 aliphatic carbocycles.